The molecular weight excluding hydrogens is 352 g/mol. The number of aromatic hydroxyl groups is 1. The van der Waals surface area contributed by atoms with Crippen LogP contribution in [0.1, 0.15) is 18.1 Å². The van der Waals surface area contributed by atoms with Gasteiger partial charge in [0.25, 0.3) is 11.6 Å². The fourth-order valence-corrected chi connectivity index (χ4v) is 2.24. The van der Waals surface area contributed by atoms with Gasteiger partial charge in [0.2, 0.25) is 0 Å². The van der Waals surface area contributed by atoms with E-state index in [9.17, 15) is 20.0 Å². The van der Waals surface area contributed by atoms with Crippen molar-refractivity contribution >= 4 is 23.5 Å². The molecular formula is C18H20N4O5. The minimum absolute atomic E-state index is 0.00664. The highest BCUT2D eigenvalue weighted by Crippen LogP contribution is 2.33. The van der Waals surface area contributed by atoms with Crippen molar-refractivity contribution in [1.29, 1.82) is 0 Å². The quantitative estimate of drug-likeness (QED) is 0.371. The number of phenolic OH excluding ortho intramolecular Hbond substituents is 1. The zero-order valence-corrected chi connectivity index (χ0v) is 14.9. The second-order valence-electron chi connectivity index (χ2n) is 5.53. The molecule has 2 aromatic carbocycles. The van der Waals surface area contributed by atoms with E-state index in [1.807, 2.05) is 31.2 Å². The molecule has 0 saturated carbocycles. The number of nitrogens with one attached hydrogen (secondary N) is 2. The maximum absolute atomic E-state index is 11.9. The molecule has 9 heteroatoms. The van der Waals surface area contributed by atoms with Gasteiger partial charge in [0.15, 0.2) is 11.5 Å². The van der Waals surface area contributed by atoms with Crippen LogP contribution in [0.15, 0.2) is 41.5 Å². The highest BCUT2D eigenvalue weighted by molar-refractivity contribution is 5.88. The van der Waals surface area contributed by atoms with E-state index in [1.165, 1.54) is 0 Å². The molecule has 0 aliphatic heterocycles. The molecule has 0 aliphatic rings. The molecule has 0 aromatic heterocycles. The Morgan fingerprint density at radius 1 is 1.37 bits per heavy atom. The minimum Gasteiger partial charge on any atom is -0.504 e. The van der Waals surface area contributed by atoms with Gasteiger partial charge in [-0.25, -0.2) is 5.43 Å². The lowest BCUT2D eigenvalue weighted by atomic mass is 10.1. The maximum Gasteiger partial charge on any atom is 0.274 e. The van der Waals surface area contributed by atoms with Gasteiger partial charge in [-0.05, 0) is 25.5 Å². The van der Waals surface area contributed by atoms with Gasteiger partial charge in [-0.3, -0.25) is 14.9 Å². The molecule has 0 fully saturated rings. The Morgan fingerprint density at radius 2 is 2.11 bits per heavy atom. The van der Waals surface area contributed by atoms with Crippen LogP contribution in [0.25, 0.3) is 0 Å². The molecule has 0 spiro atoms. The Labute approximate surface area is 155 Å². The van der Waals surface area contributed by atoms with Gasteiger partial charge in [0.1, 0.15) is 0 Å². The fourth-order valence-electron chi connectivity index (χ4n) is 2.24. The summed E-state index contributed by atoms with van der Waals surface area (Å²) in [4.78, 5) is 22.3. The van der Waals surface area contributed by atoms with Gasteiger partial charge in [0.05, 0.1) is 30.4 Å². The lowest BCUT2D eigenvalue weighted by molar-refractivity contribution is -0.385. The Bertz CT molecular complexity index is 867. The smallest absolute Gasteiger partial charge is 0.274 e. The van der Waals surface area contributed by atoms with Crippen LogP contribution < -0.4 is 15.5 Å². The fraction of sp³-hybridized carbons (Fsp3) is 0.222. The van der Waals surface area contributed by atoms with E-state index in [0.717, 1.165) is 29.6 Å². The first-order valence-electron chi connectivity index (χ1n) is 8.18. The minimum atomic E-state index is -0.607. The summed E-state index contributed by atoms with van der Waals surface area (Å²) >= 11 is 0. The van der Waals surface area contributed by atoms with Crippen molar-refractivity contribution in [2.45, 2.75) is 13.8 Å². The van der Waals surface area contributed by atoms with Crippen LogP contribution in [0.2, 0.25) is 0 Å². The molecule has 1 amide bonds. The van der Waals surface area contributed by atoms with Crippen molar-refractivity contribution in [2.24, 2.45) is 5.10 Å². The number of nitro groups is 1. The number of carbonyl (C=O) groups excluding carboxylic acids is 1. The molecule has 0 atom stereocenters. The third-order valence-electron chi connectivity index (χ3n) is 3.58. The summed E-state index contributed by atoms with van der Waals surface area (Å²) in [7, 11) is 0. The number of ether oxygens (including phenoxy) is 1. The lowest BCUT2D eigenvalue weighted by Crippen LogP contribution is -2.26. The van der Waals surface area contributed by atoms with Crippen molar-refractivity contribution in [3.05, 3.63) is 57.6 Å². The molecule has 142 valence electrons. The predicted molar refractivity (Wildman–Crippen MR) is 101 cm³/mol. The number of carbonyl (C=O) groups is 1. The van der Waals surface area contributed by atoms with Crippen LogP contribution in [-0.2, 0) is 4.79 Å². The molecule has 0 unspecified atom stereocenters. The van der Waals surface area contributed by atoms with Gasteiger partial charge in [-0.1, -0.05) is 18.2 Å². The number of non-ortho nitro benzene ring substituents is 1. The van der Waals surface area contributed by atoms with Gasteiger partial charge in [-0.2, -0.15) is 5.10 Å². The van der Waals surface area contributed by atoms with Crippen LogP contribution in [0, 0.1) is 17.0 Å². The van der Waals surface area contributed by atoms with Crippen molar-refractivity contribution in [1.82, 2.24) is 5.43 Å². The average Bonchev–Trinajstić information content (AvgIpc) is 2.64. The molecule has 27 heavy (non-hydrogen) atoms. The number of nitro benzene ring substituents is 1. The third kappa shape index (κ3) is 5.43. The second-order valence-corrected chi connectivity index (χ2v) is 5.53. The maximum atomic E-state index is 11.9. The normalized spacial score (nSPS) is 10.6. The zero-order valence-electron chi connectivity index (χ0n) is 14.9. The molecule has 0 aliphatic carbocycles. The first kappa shape index (κ1) is 19.7. The topological polar surface area (TPSA) is 126 Å². The monoisotopic (exact) mass is 372 g/mol. The molecule has 9 nitrogen and oxygen atoms in total. The van der Waals surface area contributed by atoms with E-state index >= 15 is 0 Å². The first-order chi connectivity index (χ1) is 12.9. The third-order valence-corrected chi connectivity index (χ3v) is 3.58. The highest BCUT2D eigenvalue weighted by Gasteiger charge is 2.16. The number of para-hydroxylation sites is 1. The summed E-state index contributed by atoms with van der Waals surface area (Å²) in [5.74, 6) is -0.733. The van der Waals surface area contributed by atoms with Crippen LogP contribution >= 0.6 is 0 Å². The summed E-state index contributed by atoms with van der Waals surface area (Å²) in [6, 6.07) is 9.78. The van der Waals surface area contributed by atoms with Crippen molar-refractivity contribution in [3.63, 3.8) is 0 Å². The van der Waals surface area contributed by atoms with Crippen LogP contribution in [0.4, 0.5) is 11.4 Å². The van der Waals surface area contributed by atoms with E-state index in [-0.39, 0.29) is 35.9 Å². The van der Waals surface area contributed by atoms with Gasteiger partial charge >= 0.3 is 0 Å². The zero-order chi connectivity index (χ0) is 19.8. The second kappa shape index (κ2) is 9.18. The van der Waals surface area contributed by atoms with Crippen molar-refractivity contribution < 1.29 is 19.6 Å². The van der Waals surface area contributed by atoms with E-state index in [1.54, 1.807) is 6.92 Å². The molecule has 0 bridgehead atoms. The van der Waals surface area contributed by atoms with E-state index in [4.69, 9.17) is 4.74 Å². The summed E-state index contributed by atoms with van der Waals surface area (Å²) < 4.78 is 5.18. The number of hydrazone groups is 1. The molecule has 2 aromatic rings. The Morgan fingerprint density at radius 3 is 2.78 bits per heavy atom. The highest BCUT2D eigenvalue weighted by atomic mass is 16.6. The number of amides is 1. The molecule has 0 saturated heterocycles. The average molecular weight is 372 g/mol. The van der Waals surface area contributed by atoms with Crippen LogP contribution in [0.5, 0.6) is 11.5 Å². The number of hydrogen-bond acceptors (Lipinski definition) is 7. The molecule has 0 radical (unpaired) electrons. The molecule has 0 heterocycles. The number of phenols is 1. The first-order valence-corrected chi connectivity index (χ1v) is 8.18. The van der Waals surface area contributed by atoms with Crippen LogP contribution in [-0.4, -0.2) is 35.3 Å². The Hall–Kier alpha value is -3.62. The molecule has 3 N–H and O–H groups in total. The van der Waals surface area contributed by atoms with E-state index < -0.39 is 10.8 Å². The van der Waals surface area contributed by atoms with Gasteiger partial charge in [0, 0.05) is 17.3 Å². The number of hydrogen-bond donors (Lipinski definition) is 3. The number of benzene rings is 2. The lowest BCUT2D eigenvalue weighted by Gasteiger charge is -2.09. The van der Waals surface area contributed by atoms with Crippen molar-refractivity contribution in [3.8, 4) is 11.5 Å². The number of aryl methyl sites for hydroxylation is 1. The number of anilines is 1. The van der Waals surface area contributed by atoms with Crippen molar-refractivity contribution in [2.75, 3.05) is 18.5 Å². The van der Waals surface area contributed by atoms with E-state index in [0.29, 0.717) is 0 Å². The van der Waals surface area contributed by atoms with E-state index in [2.05, 4.69) is 15.8 Å². The summed E-state index contributed by atoms with van der Waals surface area (Å²) in [6.45, 7) is 3.83. The standard InChI is InChI=1S/C18H20N4O5/c1-3-27-16-9-14(22(25)26)8-13(18(16)24)10-20-21-17(23)11-19-15-7-5-4-6-12(15)2/h4-10,19,24H,3,11H2,1-2H3,(H,21,23)/b20-10+. The predicted octanol–water partition coefficient (Wildman–Crippen LogP) is 2.57. The van der Waals surface area contributed by atoms with Crippen LogP contribution in [0.3, 0.4) is 0 Å². The number of nitrogens with zero attached hydrogens (tertiary/aromatic N) is 2. The summed E-state index contributed by atoms with van der Waals surface area (Å²) in [6.07, 6.45) is 1.12. The largest absolute Gasteiger partial charge is 0.504 e. The van der Waals surface area contributed by atoms with Gasteiger partial charge in [-0.15, -0.1) is 0 Å². The summed E-state index contributed by atoms with van der Waals surface area (Å²) in [5, 5.41) is 27.8. The van der Waals surface area contributed by atoms with Gasteiger partial charge < -0.3 is 15.2 Å². The number of rotatable bonds is 8. The Balaban J connectivity index is 2.03. The summed E-state index contributed by atoms with van der Waals surface area (Å²) in [5.41, 5.74) is 3.92. The molecule has 2 rings (SSSR count). The Kier molecular flexibility index (Phi) is 6.70. The SMILES string of the molecule is CCOc1cc([N+](=O)[O-])cc(/C=N/NC(=O)CNc2ccccc2C)c1O.